The van der Waals surface area contributed by atoms with Crippen LogP contribution in [0.15, 0.2) is 103 Å². The Kier molecular flexibility index (Phi) is 13.2. The molecule has 4 atom stereocenters. The second-order valence-electron chi connectivity index (χ2n) is 13.8. The van der Waals surface area contributed by atoms with E-state index in [1.54, 1.807) is 23.7 Å². The van der Waals surface area contributed by atoms with Crippen LogP contribution in [0.4, 0.5) is 16.2 Å². The molecule has 4 aromatic carbocycles. The van der Waals surface area contributed by atoms with Gasteiger partial charge in [0, 0.05) is 36.8 Å². The van der Waals surface area contributed by atoms with Crippen LogP contribution in [0.1, 0.15) is 49.3 Å². The highest BCUT2D eigenvalue weighted by molar-refractivity contribution is 7.56. The van der Waals surface area contributed by atoms with Crippen LogP contribution in [0.3, 0.4) is 0 Å². The van der Waals surface area contributed by atoms with Crippen molar-refractivity contribution in [3.63, 3.8) is 0 Å². The Labute approximate surface area is 326 Å². The van der Waals surface area contributed by atoms with Crippen LogP contribution in [0.2, 0.25) is 0 Å². The van der Waals surface area contributed by atoms with E-state index in [-0.39, 0.29) is 37.0 Å². The van der Waals surface area contributed by atoms with E-state index >= 15 is 0 Å². The zero-order valence-corrected chi connectivity index (χ0v) is 32.3. The summed E-state index contributed by atoms with van der Waals surface area (Å²) < 4.78 is 27.4. The molecule has 6 rings (SSSR count). The van der Waals surface area contributed by atoms with Crippen molar-refractivity contribution in [3.05, 3.63) is 130 Å². The fourth-order valence-corrected chi connectivity index (χ4v) is 9.59. The van der Waals surface area contributed by atoms with Gasteiger partial charge in [0.05, 0.1) is 23.6 Å². The number of rotatable bonds is 17. The third-order valence-electron chi connectivity index (χ3n) is 10.1. The Hall–Kier alpha value is -5.56. The van der Waals surface area contributed by atoms with Gasteiger partial charge in [-0.05, 0) is 73.1 Å². The summed E-state index contributed by atoms with van der Waals surface area (Å²) in [6, 6.07) is 29.5. The van der Waals surface area contributed by atoms with E-state index in [4.69, 9.17) is 9.26 Å². The summed E-state index contributed by atoms with van der Waals surface area (Å²) in [5.41, 5.74) is 5.97. The minimum atomic E-state index is -3.75. The Morgan fingerprint density at radius 1 is 0.911 bits per heavy atom. The minimum Gasteiger partial charge on any atom is -0.449 e. The number of fused-ring (bicyclic) bond motifs is 3. The molecule has 2 aliphatic rings. The lowest BCUT2D eigenvalue weighted by molar-refractivity contribution is -0.384. The Morgan fingerprint density at radius 2 is 1.55 bits per heavy atom. The second kappa shape index (κ2) is 18.4. The van der Waals surface area contributed by atoms with Gasteiger partial charge in [0.2, 0.25) is 11.8 Å². The average Bonchev–Trinajstić information content (AvgIpc) is 3.83. The van der Waals surface area contributed by atoms with E-state index in [2.05, 4.69) is 21.3 Å². The number of nitrogens with zero attached hydrogens (tertiary/aromatic N) is 2. The number of carbonyl (C=O) groups excluding carboxylic acids is 3. The number of nitro groups is 1. The van der Waals surface area contributed by atoms with Crippen LogP contribution in [0, 0.1) is 10.1 Å². The lowest BCUT2D eigenvalue weighted by Crippen LogP contribution is -2.50. The Bertz CT molecular complexity index is 2020. The van der Waals surface area contributed by atoms with Crippen LogP contribution >= 0.6 is 7.52 Å². The molecule has 1 fully saturated rings. The summed E-state index contributed by atoms with van der Waals surface area (Å²) in [7, 11) is -3.75. The van der Waals surface area contributed by atoms with Crippen LogP contribution in [-0.4, -0.2) is 78.2 Å². The molecule has 1 aliphatic carbocycles. The number of hydrogen-bond donors (Lipinski definition) is 4. The first-order valence-corrected chi connectivity index (χ1v) is 20.5. The van der Waals surface area contributed by atoms with Crippen molar-refractivity contribution in [2.75, 3.05) is 37.9 Å². The molecule has 4 N–H and O–H groups in total. The molecule has 294 valence electrons. The summed E-state index contributed by atoms with van der Waals surface area (Å²) in [6.45, 7) is 4.02. The quantitative estimate of drug-likeness (QED) is 0.0530. The van der Waals surface area contributed by atoms with Crippen molar-refractivity contribution in [3.8, 4) is 11.1 Å². The highest BCUT2D eigenvalue weighted by Gasteiger charge is 2.44. The maximum absolute atomic E-state index is 14.4. The first-order valence-electron chi connectivity index (χ1n) is 18.8. The molecule has 14 nitrogen and oxygen atoms in total. The molecule has 1 heterocycles. The van der Waals surface area contributed by atoms with Gasteiger partial charge in [-0.15, -0.1) is 0 Å². The summed E-state index contributed by atoms with van der Waals surface area (Å²) in [4.78, 5) is 50.6. The number of carbonyl (C=O) groups is 3. The van der Waals surface area contributed by atoms with Gasteiger partial charge < -0.3 is 30.5 Å². The van der Waals surface area contributed by atoms with Gasteiger partial charge in [0.1, 0.15) is 18.9 Å². The van der Waals surface area contributed by atoms with Crippen molar-refractivity contribution >= 4 is 36.8 Å². The van der Waals surface area contributed by atoms with Crippen molar-refractivity contribution in [2.24, 2.45) is 0 Å². The highest BCUT2D eigenvalue weighted by Crippen LogP contribution is 2.53. The second-order valence-corrected chi connectivity index (χ2v) is 16.2. The number of anilines is 1. The van der Waals surface area contributed by atoms with Crippen molar-refractivity contribution < 1.29 is 33.1 Å². The number of alkyl carbamates (subject to hydrolysis) is 1. The van der Waals surface area contributed by atoms with Crippen LogP contribution in [-0.2, 0) is 29.8 Å². The summed E-state index contributed by atoms with van der Waals surface area (Å²) in [6.07, 6.45) is 0.395. The first-order chi connectivity index (χ1) is 27.1. The van der Waals surface area contributed by atoms with Gasteiger partial charge in [-0.2, -0.15) is 0 Å². The molecule has 3 amide bonds. The minimum absolute atomic E-state index is 0.0257. The number of amides is 3. The third kappa shape index (κ3) is 9.62. The Balaban J connectivity index is 1.04. The number of hydrogen-bond acceptors (Lipinski definition) is 9. The fraction of sp³-hybridized carbons (Fsp3) is 0.341. The SMILES string of the molecule is CCO[P@](=O)(CNC(=O)[C@H](C)NC(=O)OCC1c2ccccc2-c2ccccc21)N1CCC[C@H]1C(=O)N[C@@H](CNc1ccc([N+](=O)[O-])cc1)Cc1ccccc1. The van der Waals surface area contributed by atoms with E-state index in [0.29, 0.717) is 38.0 Å². The monoisotopic (exact) mass is 782 g/mol. The van der Waals surface area contributed by atoms with Crippen molar-refractivity contribution in [2.45, 2.75) is 57.2 Å². The van der Waals surface area contributed by atoms with E-state index in [1.165, 1.54) is 19.1 Å². The topological polar surface area (TPSA) is 181 Å². The lowest BCUT2D eigenvalue weighted by Gasteiger charge is -2.33. The van der Waals surface area contributed by atoms with E-state index in [1.807, 2.05) is 78.9 Å². The molecular weight excluding hydrogens is 735 g/mol. The summed E-state index contributed by atoms with van der Waals surface area (Å²) in [5, 5.41) is 22.7. The lowest BCUT2D eigenvalue weighted by atomic mass is 9.98. The fourth-order valence-electron chi connectivity index (χ4n) is 7.32. The normalized spacial score (nSPS) is 17.1. The van der Waals surface area contributed by atoms with Gasteiger partial charge in [-0.3, -0.25) is 24.3 Å². The number of non-ortho nitro benzene ring substituents is 1. The van der Waals surface area contributed by atoms with Crippen LogP contribution < -0.4 is 21.3 Å². The summed E-state index contributed by atoms with van der Waals surface area (Å²) in [5.74, 6) is -1.05. The standard InChI is InChI=1S/C41H47N6O8P/c1-3-55-56(53,27-43-39(48)28(2)44-41(50)54-26-37-35-16-9-7-14-33(35)34-15-8-10-17-36(34)37)46-23-11-18-38(46)40(49)45-31(24-29-12-5-4-6-13-29)25-42-30-19-21-32(22-20-30)47(51)52/h4-10,12-17,19-22,28,31,37-38,42H,3,11,18,23-27H2,1-2H3,(H,43,48)(H,44,50)(H,45,49)/t28-,31+,38-,56+/m0/s1. The molecule has 1 aliphatic heterocycles. The predicted molar refractivity (Wildman–Crippen MR) is 213 cm³/mol. The first kappa shape index (κ1) is 40.1. The largest absolute Gasteiger partial charge is 0.449 e. The van der Waals surface area contributed by atoms with Crippen molar-refractivity contribution in [1.29, 1.82) is 0 Å². The molecule has 1 saturated heterocycles. The molecule has 4 aromatic rings. The molecule has 56 heavy (non-hydrogen) atoms. The van der Waals surface area contributed by atoms with Crippen LogP contribution in [0.5, 0.6) is 0 Å². The van der Waals surface area contributed by atoms with Gasteiger partial charge >= 0.3 is 6.09 Å². The van der Waals surface area contributed by atoms with Gasteiger partial charge in [-0.25, -0.2) is 9.46 Å². The zero-order valence-electron chi connectivity index (χ0n) is 31.4. The van der Waals surface area contributed by atoms with E-state index < -0.39 is 42.6 Å². The number of benzene rings is 4. The molecule has 0 radical (unpaired) electrons. The van der Waals surface area contributed by atoms with E-state index in [9.17, 15) is 29.1 Å². The third-order valence-corrected chi connectivity index (χ3v) is 12.6. The average molecular weight is 783 g/mol. The van der Waals surface area contributed by atoms with Crippen LogP contribution in [0.25, 0.3) is 11.1 Å². The molecular formula is C41H47N6O8P. The van der Waals surface area contributed by atoms with E-state index in [0.717, 1.165) is 27.8 Å². The molecule has 0 aromatic heterocycles. The molecule has 0 saturated carbocycles. The molecule has 15 heteroatoms. The number of ether oxygens (including phenoxy) is 1. The number of nitrogens with one attached hydrogen (secondary N) is 4. The summed E-state index contributed by atoms with van der Waals surface area (Å²) >= 11 is 0. The highest BCUT2D eigenvalue weighted by atomic mass is 31.2. The van der Waals surface area contributed by atoms with Crippen molar-refractivity contribution in [1.82, 2.24) is 20.6 Å². The molecule has 0 unspecified atom stereocenters. The van der Waals surface area contributed by atoms with Gasteiger partial charge in [0.15, 0.2) is 0 Å². The van der Waals surface area contributed by atoms with Gasteiger partial charge in [0.25, 0.3) is 13.2 Å². The maximum atomic E-state index is 14.4. The maximum Gasteiger partial charge on any atom is 0.407 e. The van der Waals surface area contributed by atoms with Gasteiger partial charge in [-0.1, -0.05) is 78.9 Å². The zero-order chi connectivity index (χ0) is 39.7. The Morgan fingerprint density at radius 3 is 2.20 bits per heavy atom. The molecule has 0 spiro atoms. The number of nitro benzene ring substituents is 1. The smallest absolute Gasteiger partial charge is 0.407 e. The molecule has 0 bridgehead atoms. The predicted octanol–water partition coefficient (Wildman–Crippen LogP) is 6.43.